The van der Waals surface area contributed by atoms with Crippen molar-refractivity contribution in [2.75, 3.05) is 13.2 Å². The van der Waals surface area contributed by atoms with E-state index >= 15 is 0 Å². The first-order valence-corrected chi connectivity index (χ1v) is 7.78. The predicted molar refractivity (Wildman–Crippen MR) is 78.9 cm³/mol. The Bertz CT molecular complexity index is 414. The maximum absolute atomic E-state index is 11.7. The van der Waals surface area contributed by atoms with Crippen LogP contribution in [-0.2, 0) is 4.79 Å². The third-order valence-corrected chi connectivity index (χ3v) is 4.62. The molecule has 0 saturated heterocycles. The van der Waals surface area contributed by atoms with Gasteiger partial charge in [-0.3, -0.25) is 4.79 Å². The van der Waals surface area contributed by atoms with Gasteiger partial charge in [0.25, 0.3) is 0 Å². The number of thiophene rings is 1. The lowest BCUT2D eigenvalue weighted by Crippen LogP contribution is -2.34. The number of carbonyl (C=O) groups is 1. The molecule has 1 fully saturated rings. The highest BCUT2D eigenvalue weighted by molar-refractivity contribution is 7.10. The molecule has 0 aliphatic heterocycles. The molecule has 0 bridgehead atoms. The maximum atomic E-state index is 11.7. The Balaban J connectivity index is 1.76. The van der Waals surface area contributed by atoms with Gasteiger partial charge in [-0.05, 0) is 42.2 Å². The molecule has 1 saturated carbocycles. The summed E-state index contributed by atoms with van der Waals surface area (Å²) < 4.78 is 0. The van der Waals surface area contributed by atoms with Gasteiger partial charge >= 0.3 is 0 Å². The zero-order valence-electron chi connectivity index (χ0n) is 11.0. The van der Waals surface area contributed by atoms with Crippen LogP contribution in [0, 0.1) is 11.8 Å². The quantitative estimate of drug-likeness (QED) is 0.814. The summed E-state index contributed by atoms with van der Waals surface area (Å²) in [5, 5.41) is 14.3. The summed E-state index contributed by atoms with van der Waals surface area (Å²) in [5.41, 5.74) is 0. The van der Waals surface area contributed by atoms with Crippen molar-refractivity contribution in [2.24, 2.45) is 11.8 Å². The summed E-state index contributed by atoms with van der Waals surface area (Å²) in [6.45, 7) is 0.921. The number of aliphatic hydroxyl groups excluding tert-OH is 1. The van der Waals surface area contributed by atoms with Crippen molar-refractivity contribution in [3.8, 4) is 0 Å². The van der Waals surface area contributed by atoms with Crippen LogP contribution in [0.3, 0.4) is 0 Å². The SMILES string of the molecule is O=C(C=Cc1cccs1)NCC1CCCCC1CO. The van der Waals surface area contributed by atoms with E-state index in [0.717, 1.165) is 17.7 Å². The largest absolute Gasteiger partial charge is 0.396 e. The van der Waals surface area contributed by atoms with Crippen LogP contribution < -0.4 is 5.32 Å². The summed E-state index contributed by atoms with van der Waals surface area (Å²) in [7, 11) is 0. The van der Waals surface area contributed by atoms with E-state index in [4.69, 9.17) is 0 Å². The summed E-state index contributed by atoms with van der Waals surface area (Å²) in [6.07, 6.45) is 8.03. The molecule has 4 heteroatoms. The molecular formula is C15H21NO2S. The molecule has 1 aliphatic carbocycles. The van der Waals surface area contributed by atoms with Crippen molar-refractivity contribution in [3.05, 3.63) is 28.5 Å². The van der Waals surface area contributed by atoms with Crippen molar-refractivity contribution in [1.29, 1.82) is 0 Å². The molecule has 0 radical (unpaired) electrons. The third kappa shape index (κ3) is 4.48. The van der Waals surface area contributed by atoms with Crippen LogP contribution in [0.25, 0.3) is 6.08 Å². The summed E-state index contributed by atoms with van der Waals surface area (Å²) in [6, 6.07) is 3.95. The highest BCUT2D eigenvalue weighted by Crippen LogP contribution is 2.29. The number of aliphatic hydroxyl groups is 1. The van der Waals surface area contributed by atoms with Crippen LogP contribution in [0.1, 0.15) is 30.6 Å². The van der Waals surface area contributed by atoms with E-state index < -0.39 is 0 Å². The molecule has 2 atom stereocenters. The average Bonchev–Trinajstić information content (AvgIpc) is 2.96. The lowest BCUT2D eigenvalue weighted by molar-refractivity contribution is -0.116. The van der Waals surface area contributed by atoms with E-state index in [2.05, 4.69) is 5.32 Å². The van der Waals surface area contributed by atoms with E-state index in [-0.39, 0.29) is 12.5 Å². The van der Waals surface area contributed by atoms with Gasteiger partial charge in [0.05, 0.1) is 0 Å². The molecule has 1 aliphatic rings. The van der Waals surface area contributed by atoms with Crippen LogP contribution >= 0.6 is 11.3 Å². The van der Waals surface area contributed by atoms with Gasteiger partial charge in [-0.15, -0.1) is 11.3 Å². The van der Waals surface area contributed by atoms with E-state index in [1.54, 1.807) is 17.4 Å². The second kappa shape index (κ2) is 7.46. The standard InChI is InChI=1S/C15H21NO2S/c17-11-13-5-2-1-4-12(13)10-16-15(18)8-7-14-6-3-9-19-14/h3,6-9,12-13,17H,1-2,4-5,10-11H2,(H,16,18). The van der Waals surface area contributed by atoms with Crippen LogP contribution in [-0.4, -0.2) is 24.2 Å². The van der Waals surface area contributed by atoms with Gasteiger partial charge in [0, 0.05) is 24.1 Å². The highest BCUT2D eigenvalue weighted by Gasteiger charge is 2.24. The molecule has 2 N–H and O–H groups in total. The van der Waals surface area contributed by atoms with Crippen molar-refractivity contribution in [1.82, 2.24) is 5.32 Å². The van der Waals surface area contributed by atoms with Gasteiger partial charge in [-0.2, -0.15) is 0 Å². The minimum absolute atomic E-state index is 0.0457. The number of hydrogen-bond acceptors (Lipinski definition) is 3. The molecule has 19 heavy (non-hydrogen) atoms. The lowest BCUT2D eigenvalue weighted by Gasteiger charge is -2.30. The Labute approximate surface area is 118 Å². The Hall–Kier alpha value is -1.13. The molecule has 2 rings (SSSR count). The Morgan fingerprint density at radius 3 is 2.89 bits per heavy atom. The summed E-state index contributed by atoms with van der Waals surface area (Å²) >= 11 is 1.62. The molecule has 0 aromatic carbocycles. The first kappa shape index (κ1) is 14.3. The Kier molecular flexibility index (Phi) is 5.61. The van der Waals surface area contributed by atoms with E-state index in [9.17, 15) is 9.90 Å². The topological polar surface area (TPSA) is 49.3 Å². The second-order valence-corrected chi connectivity index (χ2v) is 6.06. The van der Waals surface area contributed by atoms with Crippen molar-refractivity contribution < 1.29 is 9.90 Å². The Morgan fingerprint density at radius 2 is 2.21 bits per heavy atom. The fourth-order valence-corrected chi connectivity index (χ4v) is 3.25. The molecule has 3 nitrogen and oxygen atoms in total. The fourth-order valence-electron chi connectivity index (χ4n) is 2.63. The summed E-state index contributed by atoms with van der Waals surface area (Å²) in [5.74, 6) is 0.740. The van der Waals surface area contributed by atoms with Crippen molar-refractivity contribution in [3.63, 3.8) is 0 Å². The number of hydrogen-bond donors (Lipinski definition) is 2. The third-order valence-electron chi connectivity index (χ3n) is 3.78. The zero-order chi connectivity index (χ0) is 13.5. The minimum Gasteiger partial charge on any atom is -0.396 e. The predicted octanol–water partition coefficient (Wildman–Crippen LogP) is 2.68. The van der Waals surface area contributed by atoms with E-state index in [1.807, 2.05) is 23.6 Å². The number of carbonyl (C=O) groups excluding carboxylic acids is 1. The zero-order valence-corrected chi connectivity index (χ0v) is 11.9. The van der Waals surface area contributed by atoms with Gasteiger partial charge in [0.2, 0.25) is 5.91 Å². The minimum atomic E-state index is -0.0457. The summed E-state index contributed by atoms with van der Waals surface area (Å²) in [4.78, 5) is 12.8. The van der Waals surface area contributed by atoms with E-state index in [1.165, 1.54) is 12.8 Å². The number of amides is 1. The smallest absolute Gasteiger partial charge is 0.244 e. The van der Waals surface area contributed by atoms with Crippen molar-refractivity contribution in [2.45, 2.75) is 25.7 Å². The lowest BCUT2D eigenvalue weighted by atomic mass is 9.79. The van der Waals surface area contributed by atoms with Crippen LogP contribution in [0.15, 0.2) is 23.6 Å². The highest BCUT2D eigenvalue weighted by atomic mass is 32.1. The maximum Gasteiger partial charge on any atom is 0.244 e. The average molecular weight is 279 g/mol. The van der Waals surface area contributed by atoms with E-state index in [0.29, 0.717) is 18.4 Å². The molecule has 1 aromatic heterocycles. The fraction of sp³-hybridized carbons (Fsp3) is 0.533. The van der Waals surface area contributed by atoms with Gasteiger partial charge in [-0.1, -0.05) is 18.9 Å². The molecule has 0 spiro atoms. The van der Waals surface area contributed by atoms with Gasteiger partial charge in [0.1, 0.15) is 0 Å². The molecule has 2 unspecified atom stereocenters. The van der Waals surface area contributed by atoms with Gasteiger partial charge in [-0.25, -0.2) is 0 Å². The first-order valence-electron chi connectivity index (χ1n) is 6.90. The molecule has 1 heterocycles. The van der Waals surface area contributed by atoms with Crippen molar-refractivity contribution >= 4 is 23.3 Å². The van der Waals surface area contributed by atoms with Gasteiger partial charge in [0.15, 0.2) is 0 Å². The van der Waals surface area contributed by atoms with Gasteiger partial charge < -0.3 is 10.4 Å². The number of rotatable bonds is 5. The second-order valence-electron chi connectivity index (χ2n) is 5.08. The molecule has 1 amide bonds. The van der Waals surface area contributed by atoms with Crippen LogP contribution in [0.4, 0.5) is 0 Å². The van der Waals surface area contributed by atoms with Crippen LogP contribution in [0.5, 0.6) is 0 Å². The van der Waals surface area contributed by atoms with Crippen LogP contribution in [0.2, 0.25) is 0 Å². The Morgan fingerprint density at radius 1 is 1.42 bits per heavy atom. The first-order chi connectivity index (χ1) is 9.29. The monoisotopic (exact) mass is 279 g/mol. The molecule has 104 valence electrons. The molecular weight excluding hydrogens is 258 g/mol. The number of nitrogens with one attached hydrogen (secondary N) is 1. The normalized spacial score (nSPS) is 23.6. The molecule has 1 aromatic rings.